The molecule has 0 aromatic heterocycles. The molecule has 5 heteroatoms. The summed E-state index contributed by atoms with van der Waals surface area (Å²) in [6, 6.07) is 7.59. The van der Waals surface area contributed by atoms with Gasteiger partial charge in [0.1, 0.15) is 0 Å². The number of hydrogen-bond acceptors (Lipinski definition) is 3. The number of hydrogen-bond donors (Lipinski definition) is 1. The molecule has 1 atom stereocenters. The van der Waals surface area contributed by atoms with E-state index < -0.39 is 5.79 Å². The van der Waals surface area contributed by atoms with E-state index in [-0.39, 0.29) is 11.8 Å². The summed E-state index contributed by atoms with van der Waals surface area (Å²) in [7, 11) is 0. The van der Waals surface area contributed by atoms with Crippen molar-refractivity contribution in [3.8, 4) is 0 Å². The predicted molar refractivity (Wildman–Crippen MR) is 82.3 cm³/mol. The molecule has 0 aliphatic carbocycles. The van der Waals surface area contributed by atoms with E-state index in [1.165, 1.54) is 0 Å². The number of carbonyl (C=O) groups excluding carboxylic acids is 1. The molecule has 4 nitrogen and oxygen atoms in total. The van der Waals surface area contributed by atoms with E-state index in [0.717, 1.165) is 5.56 Å². The topological polar surface area (TPSA) is 47.6 Å². The minimum atomic E-state index is -0.549. The number of carbonyl (C=O) groups is 1. The molecule has 1 aliphatic rings. The third-order valence-corrected chi connectivity index (χ3v) is 3.93. The summed E-state index contributed by atoms with van der Waals surface area (Å²) < 4.78 is 11.0. The van der Waals surface area contributed by atoms with E-state index in [0.29, 0.717) is 37.6 Å². The van der Waals surface area contributed by atoms with Gasteiger partial charge in [0.05, 0.1) is 13.2 Å². The molecule has 1 aromatic carbocycles. The summed E-state index contributed by atoms with van der Waals surface area (Å²) in [6.45, 7) is 5.63. The molecule has 1 fully saturated rings. The molecule has 1 amide bonds. The number of ether oxygens (including phenoxy) is 2. The van der Waals surface area contributed by atoms with Crippen LogP contribution in [0.2, 0.25) is 5.02 Å². The van der Waals surface area contributed by atoms with Crippen LogP contribution in [0.1, 0.15) is 25.8 Å². The van der Waals surface area contributed by atoms with Crippen LogP contribution in [0.15, 0.2) is 24.3 Å². The molecular formula is C16H22ClNO3. The van der Waals surface area contributed by atoms with Crippen LogP contribution in [0, 0.1) is 5.92 Å². The zero-order valence-corrected chi connectivity index (χ0v) is 13.3. The lowest BCUT2D eigenvalue weighted by Gasteiger charge is -2.22. The van der Waals surface area contributed by atoms with E-state index in [4.69, 9.17) is 21.1 Å². The van der Waals surface area contributed by atoms with Crippen LogP contribution in [-0.4, -0.2) is 31.5 Å². The lowest BCUT2D eigenvalue weighted by molar-refractivity contribution is -0.146. The molecule has 21 heavy (non-hydrogen) atoms. The Morgan fingerprint density at radius 3 is 2.57 bits per heavy atom. The Morgan fingerprint density at radius 1 is 1.33 bits per heavy atom. The molecule has 1 N–H and O–H groups in total. The highest BCUT2D eigenvalue weighted by Gasteiger charge is 2.30. The molecule has 0 radical (unpaired) electrons. The summed E-state index contributed by atoms with van der Waals surface area (Å²) in [5.74, 6) is -0.580. The molecule has 0 saturated carbocycles. The zero-order valence-electron chi connectivity index (χ0n) is 12.5. The van der Waals surface area contributed by atoms with E-state index in [9.17, 15) is 4.79 Å². The van der Waals surface area contributed by atoms with E-state index >= 15 is 0 Å². The van der Waals surface area contributed by atoms with Crippen molar-refractivity contribution in [2.45, 2.75) is 32.5 Å². The molecule has 0 spiro atoms. The second-order valence-corrected chi connectivity index (χ2v) is 6.04. The second-order valence-electron chi connectivity index (χ2n) is 5.60. The van der Waals surface area contributed by atoms with E-state index in [2.05, 4.69) is 5.32 Å². The molecular weight excluding hydrogens is 290 g/mol. The van der Waals surface area contributed by atoms with E-state index in [1.54, 1.807) is 0 Å². The number of benzene rings is 1. The fourth-order valence-electron chi connectivity index (χ4n) is 2.35. The molecule has 1 aliphatic heterocycles. The van der Waals surface area contributed by atoms with Crippen molar-refractivity contribution < 1.29 is 14.3 Å². The highest BCUT2D eigenvalue weighted by Crippen LogP contribution is 2.21. The Balaban J connectivity index is 1.73. The molecule has 2 rings (SSSR count). The second kappa shape index (κ2) is 7.25. The Morgan fingerprint density at radius 2 is 1.95 bits per heavy atom. The van der Waals surface area contributed by atoms with Gasteiger partial charge in [-0.25, -0.2) is 0 Å². The largest absolute Gasteiger partial charge is 0.356 e. The highest BCUT2D eigenvalue weighted by molar-refractivity contribution is 6.30. The highest BCUT2D eigenvalue weighted by atomic mass is 35.5. The van der Waals surface area contributed by atoms with Gasteiger partial charge in [0.25, 0.3) is 0 Å². The van der Waals surface area contributed by atoms with Crippen LogP contribution in [0.25, 0.3) is 0 Å². The van der Waals surface area contributed by atoms with Gasteiger partial charge in [-0.3, -0.25) is 4.79 Å². The lowest BCUT2D eigenvalue weighted by atomic mass is 10.0. The molecule has 1 heterocycles. The number of amides is 1. The monoisotopic (exact) mass is 311 g/mol. The van der Waals surface area contributed by atoms with Crippen molar-refractivity contribution in [1.82, 2.24) is 5.32 Å². The first kappa shape index (κ1) is 16.3. The van der Waals surface area contributed by atoms with Crippen LogP contribution in [-0.2, 0) is 20.7 Å². The van der Waals surface area contributed by atoms with Crippen molar-refractivity contribution in [2.75, 3.05) is 19.8 Å². The lowest BCUT2D eigenvalue weighted by Crippen LogP contribution is -2.36. The van der Waals surface area contributed by atoms with Gasteiger partial charge in [-0.15, -0.1) is 0 Å². The summed E-state index contributed by atoms with van der Waals surface area (Å²) in [6.07, 6.45) is 1.36. The molecule has 1 unspecified atom stereocenters. The van der Waals surface area contributed by atoms with Crippen molar-refractivity contribution >= 4 is 17.5 Å². The normalized spacial score (nSPS) is 18.4. The van der Waals surface area contributed by atoms with Crippen LogP contribution in [0.4, 0.5) is 0 Å². The summed E-state index contributed by atoms with van der Waals surface area (Å²) >= 11 is 5.85. The van der Waals surface area contributed by atoms with Crippen LogP contribution in [0.3, 0.4) is 0 Å². The SMILES string of the molecule is CC(Cc1ccc(Cl)cc1)C(=O)NCCC1(C)OCCO1. The first-order chi connectivity index (χ1) is 9.98. The third kappa shape index (κ3) is 4.99. The van der Waals surface area contributed by atoms with Crippen LogP contribution in [0.5, 0.6) is 0 Å². The van der Waals surface area contributed by atoms with Crippen molar-refractivity contribution in [3.05, 3.63) is 34.9 Å². The smallest absolute Gasteiger partial charge is 0.223 e. The van der Waals surface area contributed by atoms with Crippen LogP contribution >= 0.6 is 11.6 Å². The van der Waals surface area contributed by atoms with Gasteiger partial charge < -0.3 is 14.8 Å². The number of nitrogens with one attached hydrogen (secondary N) is 1. The average Bonchev–Trinajstić information content (AvgIpc) is 2.88. The first-order valence-electron chi connectivity index (χ1n) is 7.29. The van der Waals surface area contributed by atoms with Gasteiger partial charge in [-0.05, 0) is 31.0 Å². The molecule has 1 saturated heterocycles. The molecule has 1 aromatic rings. The predicted octanol–water partition coefficient (Wildman–Crippen LogP) is 2.79. The van der Waals surface area contributed by atoms with Gasteiger partial charge in [0, 0.05) is 23.9 Å². The molecule has 0 bridgehead atoms. The summed E-state index contributed by atoms with van der Waals surface area (Å²) in [4.78, 5) is 12.1. The van der Waals surface area contributed by atoms with Gasteiger partial charge in [0.2, 0.25) is 5.91 Å². The van der Waals surface area contributed by atoms with Crippen molar-refractivity contribution in [2.24, 2.45) is 5.92 Å². The van der Waals surface area contributed by atoms with Gasteiger partial charge in [-0.2, -0.15) is 0 Å². The zero-order chi connectivity index (χ0) is 15.3. The summed E-state index contributed by atoms with van der Waals surface area (Å²) in [5, 5.41) is 3.65. The number of rotatable bonds is 6. The fourth-order valence-corrected chi connectivity index (χ4v) is 2.48. The average molecular weight is 312 g/mol. The van der Waals surface area contributed by atoms with Gasteiger partial charge >= 0.3 is 0 Å². The van der Waals surface area contributed by atoms with Crippen LogP contribution < -0.4 is 5.32 Å². The Hall–Kier alpha value is -1.10. The Bertz CT molecular complexity index is 469. The third-order valence-electron chi connectivity index (χ3n) is 3.68. The Kier molecular flexibility index (Phi) is 5.62. The van der Waals surface area contributed by atoms with Crippen molar-refractivity contribution in [3.63, 3.8) is 0 Å². The number of halogens is 1. The minimum Gasteiger partial charge on any atom is -0.356 e. The maximum absolute atomic E-state index is 12.1. The standard InChI is InChI=1S/C16H22ClNO3/c1-12(11-13-3-5-14(17)6-4-13)15(19)18-8-7-16(2)20-9-10-21-16/h3-6,12H,7-11H2,1-2H3,(H,18,19). The maximum atomic E-state index is 12.1. The maximum Gasteiger partial charge on any atom is 0.223 e. The Labute approximate surface area is 130 Å². The van der Waals surface area contributed by atoms with Gasteiger partial charge in [-0.1, -0.05) is 30.7 Å². The fraction of sp³-hybridized carbons (Fsp3) is 0.562. The first-order valence-corrected chi connectivity index (χ1v) is 7.66. The van der Waals surface area contributed by atoms with E-state index in [1.807, 2.05) is 38.1 Å². The minimum absolute atomic E-state index is 0.0477. The summed E-state index contributed by atoms with van der Waals surface area (Å²) in [5.41, 5.74) is 1.11. The molecule has 116 valence electrons. The van der Waals surface area contributed by atoms with Gasteiger partial charge in [0.15, 0.2) is 5.79 Å². The van der Waals surface area contributed by atoms with Crippen molar-refractivity contribution in [1.29, 1.82) is 0 Å². The quantitative estimate of drug-likeness (QED) is 0.879.